The van der Waals surface area contributed by atoms with Gasteiger partial charge in [-0.05, 0) is 18.9 Å². The van der Waals surface area contributed by atoms with E-state index in [1.54, 1.807) is 6.07 Å². The van der Waals surface area contributed by atoms with Gasteiger partial charge in [-0.2, -0.15) is 13.2 Å². The van der Waals surface area contributed by atoms with Gasteiger partial charge in [-0.15, -0.1) is 0 Å². The van der Waals surface area contributed by atoms with Gasteiger partial charge in [0.1, 0.15) is 5.82 Å². The second-order valence-electron chi connectivity index (χ2n) is 5.05. The molecule has 0 aliphatic carbocycles. The second kappa shape index (κ2) is 5.52. The number of halogens is 3. The third-order valence-corrected chi connectivity index (χ3v) is 3.83. The van der Waals surface area contributed by atoms with Crippen LogP contribution in [0.1, 0.15) is 38.1 Å². The average Bonchev–Trinajstić information content (AvgIpc) is 2.96. The molecule has 0 bridgehead atoms. The molecule has 0 saturated carbocycles. The Bertz CT molecular complexity index is 613. The smallest absolute Gasteiger partial charge is 0.340 e. The van der Waals surface area contributed by atoms with Crippen molar-refractivity contribution in [3.63, 3.8) is 0 Å². The highest BCUT2D eigenvalue weighted by molar-refractivity contribution is 5.64. The highest BCUT2D eigenvalue weighted by Gasteiger charge is 2.34. The number of imidazole rings is 1. The first-order valence-corrected chi connectivity index (χ1v) is 6.82. The molecular weight excluding hydrogens is 279 g/mol. The summed E-state index contributed by atoms with van der Waals surface area (Å²) in [5.41, 5.74) is 5.30. The minimum absolute atomic E-state index is 0.0818. The molecule has 0 spiro atoms. The Hall–Kier alpha value is -1.82. The number of nitrogens with zero attached hydrogens (tertiary/aromatic N) is 1. The number of alkyl halides is 3. The van der Waals surface area contributed by atoms with Gasteiger partial charge in [0, 0.05) is 5.56 Å². The first-order valence-electron chi connectivity index (χ1n) is 6.82. The van der Waals surface area contributed by atoms with Crippen LogP contribution in [0.4, 0.5) is 13.2 Å². The lowest BCUT2D eigenvalue weighted by Crippen LogP contribution is -2.36. The van der Waals surface area contributed by atoms with Crippen LogP contribution in [0.25, 0.3) is 11.3 Å². The summed E-state index contributed by atoms with van der Waals surface area (Å²) >= 11 is 0. The van der Waals surface area contributed by atoms with Crippen molar-refractivity contribution in [2.75, 3.05) is 0 Å². The molecule has 0 radical (unpaired) electrons. The molecule has 6 heteroatoms. The topological polar surface area (TPSA) is 54.7 Å². The Labute approximate surface area is 121 Å². The zero-order chi connectivity index (χ0) is 15.7. The predicted molar refractivity (Wildman–Crippen MR) is 75.5 cm³/mol. The molecule has 1 aromatic carbocycles. The van der Waals surface area contributed by atoms with Crippen LogP contribution in [-0.2, 0) is 11.7 Å². The van der Waals surface area contributed by atoms with Crippen LogP contribution in [0, 0.1) is 0 Å². The van der Waals surface area contributed by atoms with Crippen molar-refractivity contribution < 1.29 is 13.2 Å². The van der Waals surface area contributed by atoms with E-state index in [1.807, 2.05) is 13.8 Å². The summed E-state index contributed by atoms with van der Waals surface area (Å²) in [6, 6.07) is 5.43. The fraction of sp³-hybridized carbons (Fsp3) is 0.400. The van der Waals surface area contributed by atoms with Crippen LogP contribution in [0.2, 0.25) is 0 Å². The number of benzene rings is 1. The summed E-state index contributed by atoms with van der Waals surface area (Å²) < 4.78 is 39.1. The third-order valence-electron chi connectivity index (χ3n) is 3.83. The minimum Gasteiger partial charge on any atom is -0.340 e. The number of aromatic amines is 1. The number of hydrogen-bond acceptors (Lipinski definition) is 2. The first-order chi connectivity index (χ1) is 9.81. The van der Waals surface area contributed by atoms with Gasteiger partial charge in [-0.1, -0.05) is 32.0 Å². The van der Waals surface area contributed by atoms with E-state index in [0.717, 1.165) is 6.07 Å². The second-order valence-corrected chi connectivity index (χ2v) is 5.05. The van der Waals surface area contributed by atoms with Gasteiger partial charge in [-0.25, -0.2) is 4.98 Å². The van der Waals surface area contributed by atoms with Crippen molar-refractivity contribution in [1.82, 2.24) is 9.97 Å². The van der Waals surface area contributed by atoms with Gasteiger partial charge in [0.15, 0.2) is 0 Å². The molecule has 0 atom stereocenters. The molecule has 1 aromatic heterocycles. The molecule has 3 nitrogen and oxygen atoms in total. The van der Waals surface area contributed by atoms with E-state index in [0.29, 0.717) is 24.4 Å². The number of nitrogens with two attached hydrogens (primary N) is 1. The van der Waals surface area contributed by atoms with Crippen LogP contribution in [0.15, 0.2) is 30.5 Å². The maximum absolute atomic E-state index is 13.0. The quantitative estimate of drug-likeness (QED) is 0.893. The van der Waals surface area contributed by atoms with E-state index >= 15 is 0 Å². The summed E-state index contributed by atoms with van der Waals surface area (Å²) in [6.07, 6.45) is -1.70. The SMILES string of the molecule is CCC(N)(CC)c1ncc(-c2ccccc2C(F)(F)F)[nH]1. The predicted octanol–water partition coefficient (Wildman–Crippen LogP) is 4.07. The number of rotatable bonds is 4. The molecule has 1 heterocycles. The van der Waals surface area contributed by atoms with Crippen molar-refractivity contribution in [3.8, 4) is 11.3 Å². The number of hydrogen-bond donors (Lipinski definition) is 2. The molecule has 0 aliphatic heterocycles. The summed E-state index contributed by atoms with van der Waals surface area (Å²) in [5, 5.41) is 0. The van der Waals surface area contributed by atoms with Crippen LogP contribution >= 0.6 is 0 Å². The molecule has 114 valence electrons. The molecule has 0 aliphatic rings. The Morgan fingerprint density at radius 3 is 2.33 bits per heavy atom. The average molecular weight is 297 g/mol. The van der Waals surface area contributed by atoms with Gasteiger partial charge >= 0.3 is 6.18 Å². The van der Waals surface area contributed by atoms with Crippen molar-refractivity contribution in [2.24, 2.45) is 5.73 Å². The third kappa shape index (κ3) is 2.95. The maximum atomic E-state index is 13.0. The normalized spacial score (nSPS) is 12.7. The van der Waals surface area contributed by atoms with Crippen LogP contribution in [0.5, 0.6) is 0 Å². The van der Waals surface area contributed by atoms with Crippen molar-refractivity contribution >= 4 is 0 Å². The molecule has 2 aromatic rings. The Balaban J connectivity index is 2.49. The molecule has 0 fully saturated rings. The molecule has 0 saturated heterocycles. The van der Waals surface area contributed by atoms with Crippen molar-refractivity contribution in [3.05, 3.63) is 41.9 Å². The molecule has 0 amide bonds. The maximum Gasteiger partial charge on any atom is 0.417 e. The fourth-order valence-electron chi connectivity index (χ4n) is 2.26. The van der Waals surface area contributed by atoms with E-state index in [-0.39, 0.29) is 5.56 Å². The van der Waals surface area contributed by atoms with Crippen LogP contribution in [0.3, 0.4) is 0 Å². The summed E-state index contributed by atoms with van der Waals surface area (Å²) in [4.78, 5) is 7.13. The van der Waals surface area contributed by atoms with E-state index in [1.165, 1.54) is 18.3 Å². The summed E-state index contributed by atoms with van der Waals surface area (Å²) in [5.74, 6) is 0.513. The monoisotopic (exact) mass is 297 g/mol. The van der Waals surface area contributed by atoms with Crippen molar-refractivity contribution in [2.45, 2.75) is 38.4 Å². The lowest BCUT2D eigenvalue weighted by Gasteiger charge is -2.23. The Kier molecular flexibility index (Phi) is 4.09. The van der Waals surface area contributed by atoms with Crippen LogP contribution < -0.4 is 5.73 Å². The number of H-pyrrole nitrogens is 1. The minimum atomic E-state index is -4.41. The largest absolute Gasteiger partial charge is 0.417 e. The van der Waals surface area contributed by atoms with E-state index in [2.05, 4.69) is 9.97 Å². The number of aromatic nitrogens is 2. The van der Waals surface area contributed by atoms with E-state index in [4.69, 9.17) is 5.73 Å². The molecule has 21 heavy (non-hydrogen) atoms. The molecule has 2 rings (SSSR count). The summed E-state index contributed by atoms with van der Waals surface area (Å²) in [6.45, 7) is 3.85. The highest BCUT2D eigenvalue weighted by atomic mass is 19.4. The van der Waals surface area contributed by atoms with E-state index < -0.39 is 17.3 Å². The lowest BCUT2D eigenvalue weighted by atomic mass is 9.93. The number of nitrogens with one attached hydrogen (secondary N) is 1. The van der Waals surface area contributed by atoms with E-state index in [9.17, 15) is 13.2 Å². The molecular formula is C15H18F3N3. The lowest BCUT2D eigenvalue weighted by molar-refractivity contribution is -0.137. The molecule has 0 unspecified atom stereocenters. The highest BCUT2D eigenvalue weighted by Crippen LogP contribution is 2.36. The van der Waals surface area contributed by atoms with Gasteiger partial charge in [0.25, 0.3) is 0 Å². The van der Waals surface area contributed by atoms with Crippen LogP contribution in [-0.4, -0.2) is 9.97 Å². The fourth-order valence-corrected chi connectivity index (χ4v) is 2.26. The zero-order valence-electron chi connectivity index (χ0n) is 12.0. The Morgan fingerprint density at radius 1 is 1.14 bits per heavy atom. The van der Waals surface area contributed by atoms with Gasteiger partial charge in [0.05, 0.1) is 23.0 Å². The zero-order valence-corrected chi connectivity index (χ0v) is 12.0. The Morgan fingerprint density at radius 2 is 1.76 bits per heavy atom. The summed E-state index contributed by atoms with van der Waals surface area (Å²) in [7, 11) is 0. The first kappa shape index (κ1) is 15.6. The standard InChI is InChI=1S/C15H18F3N3/c1-3-14(19,4-2)13-20-9-12(21-13)10-7-5-6-8-11(10)15(16,17)18/h5-9H,3-4,19H2,1-2H3,(H,20,21). The van der Waals surface area contributed by atoms with Gasteiger partial charge < -0.3 is 10.7 Å². The van der Waals surface area contributed by atoms with Gasteiger partial charge in [0.2, 0.25) is 0 Å². The van der Waals surface area contributed by atoms with Crippen molar-refractivity contribution in [1.29, 1.82) is 0 Å². The van der Waals surface area contributed by atoms with Gasteiger partial charge in [-0.3, -0.25) is 0 Å². The molecule has 3 N–H and O–H groups in total.